The largest absolute Gasteiger partial charge is 0.461 e. The maximum atomic E-state index is 5.56. The van der Waals surface area contributed by atoms with E-state index in [4.69, 9.17) is 4.42 Å². The highest BCUT2D eigenvalue weighted by Gasteiger charge is 2.03. The SMILES string of the molecule is Cc1ccc(-c2ccc3cn[nH]c3c2)o1. The lowest BCUT2D eigenvalue weighted by atomic mass is 10.1. The van der Waals surface area contributed by atoms with Crippen LogP contribution in [0.4, 0.5) is 0 Å². The average molecular weight is 198 g/mol. The summed E-state index contributed by atoms with van der Waals surface area (Å²) < 4.78 is 5.56. The van der Waals surface area contributed by atoms with Crippen LogP contribution in [-0.2, 0) is 0 Å². The lowest BCUT2D eigenvalue weighted by Gasteiger charge is -1.96. The highest BCUT2D eigenvalue weighted by atomic mass is 16.3. The molecule has 0 unspecified atom stereocenters. The second-order valence-electron chi connectivity index (χ2n) is 3.58. The highest BCUT2D eigenvalue weighted by molar-refractivity contribution is 5.82. The summed E-state index contributed by atoms with van der Waals surface area (Å²) in [6.45, 7) is 1.94. The molecule has 0 bridgehead atoms. The van der Waals surface area contributed by atoms with E-state index in [1.807, 2.05) is 43.5 Å². The number of aromatic amines is 1. The molecule has 0 amide bonds. The topological polar surface area (TPSA) is 41.8 Å². The van der Waals surface area contributed by atoms with Crippen LogP contribution in [0.15, 0.2) is 40.9 Å². The van der Waals surface area contributed by atoms with Crippen LogP contribution < -0.4 is 0 Å². The summed E-state index contributed by atoms with van der Waals surface area (Å²) in [6.07, 6.45) is 1.81. The Hall–Kier alpha value is -2.03. The molecule has 2 heterocycles. The molecule has 0 saturated heterocycles. The van der Waals surface area contributed by atoms with Crippen LogP contribution in [0.5, 0.6) is 0 Å². The molecule has 0 atom stereocenters. The smallest absolute Gasteiger partial charge is 0.134 e. The third-order valence-electron chi connectivity index (χ3n) is 2.47. The van der Waals surface area contributed by atoms with Crippen molar-refractivity contribution in [1.82, 2.24) is 10.2 Å². The van der Waals surface area contributed by atoms with Crippen LogP contribution >= 0.6 is 0 Å². The Morgan fingerprint density at radius 2 is 2.13 bits per heavy atom. The van der Waals surface area contributed by atoms with Gasteiger partial charge < -0.3 is 4.42 Å². The molecule has 74 valence electrons. The molecule has 15 heavy (non-hydrogen) atoms. The number of aryl methyl sites for hydroxylation is 1. The van der Waals surface area contributed by atoms with E-state index < -0.39 is 0 Å². The van der Waals surface area contributed by atoms with Crippen molar-refractivity contribution in [3.8, 4) is 11.3 Å². The van der Waals surface area contributed by atoms with E-state index in [2.05, 4.69) is 10.2 Å². The van der Waals surface area contributed by atoms with Crippen molar-refractivity contribution in [2.24, 2.45) is 0 Å². The van der Waals surface area contributed by atoms with Gasteiger partial charge in [-0.25, -0.2) is 0 Å². The number of rotatable bonds is 1. The van der Waals surface area contributed by atoms with E-state index in [1.165, 1.54) is 0 Å². The quantitative estimate of drug-likeness (QED) is 0.652. The van der Waals surface area contributed by atoms with Gasteiger partial charge >= 0.3 is 0 Å². The number of H-pyrrole nitrogens is 1. The maximum Gasteiger partial charge on any atom is 0.134 e. The number of nitrogens with one attached hydrogen (secondary N) is 1. The molecule has 3 heteroatoms. The average Bonchev–Trinajstić information content (AvgIpc) is 2.84. The number of nitrogens with zero attached hydrogens (tertiary/aromatic N) is 1. The first-order chi connectivity index (χ1) is 7.33. The second-order valence-corrected chi connectivity index (χ2v) is 3.58. The number of aromatic nitrogens is 2. The molecule has 0 radical (unpaired) electrons. The minimum atomic E-state index is 0.893. The Labute approximate surface area is 86.7 Å². The van der Waals surface area contributed by atoms with E-state index in [0.29, 0.717) is 0 Å². The number of hydrogen-bond donors (Lipinski definition) is 1. The summed E-state index contributed by atoms with van der Waals surface area (Å²) in [5.41, 5.74) is 2.10. The fourth-order valence-corrected chi connectivity index (χ4v) is 1.68. The van der Waals surface area contributed by atoms with Gasteiger partial charge in [0.05, 0.1) is 11.7 Å². The Kier molecular flexibility index (Phi) is 1.65. The van der Waals surface area contributed by atoms with Crippen molar-refractivity contribution in [2.75, 3.05) is 0 Å². The molecule has 2 aromatic heterocycles. The summed E-state index contributed by atoms with van der Waals surface area (Å²) >= 11 is 0. The van der Waals surface area contributed by atoms with Crippen molar-refractivity contribution < 1.29 is 4.42 Å². The Morgan fingerprint density at radius 1 is 1.20 bits per heavy atom. The summed E-state index contributed by atoms with van der Waals surface area (Å²) in [5, 5.41) is 8.04. The summed E-state index contributed by atoms with van der Waals surface area (Å²) in [5.74, 6) is 1.82. The zero-order valence-corrected chi connectivity index (χ0v) is 8.32. The predicted molar refractivity (Wildman–Crippen MR) is 58.5 cm³/mol. The molecule has 0 saturated carbocycles. The van der Waals surface area contributed by atoms with Gasteiger partial charge in [-0.1, -0.05) is 12.1 Å². The highest BCUT2D eigenvalue weighted by Crippen LogP contribution is 2.24. The Balaban J connectivity index is 2.18. The van der Waals surface area contributed by atoms with Gasteiger partial charge in [-0.15, -0.1) is 0 Å². The number of hydrogen-bond acceptors (Lipinski definition) is 2. The zero-order chi connectivity index (χ0) is 10.3. The van der Waals surface area contributed by atoms with Crippen LogP contribution in [0, 0.1) is 6.92 Å². The van der Waals surface area contributed by atoms with Crippen LogP contribution in [0.3, 0.4) is 0 Å². The second kappa shape index (κ2) is 2.98. The van der Waals surface area contributed by atoms with Crippen molar-refractivity contribution in [1.29, 1.82) is 0 Å². The van der Waals surface area contributed by atoms with E-state index in [0.717, 1.165) is 28.0 Å². The first kappa shape index (κ1) is 8.29. The molecule has 0 aliphatic rings. The molecule has 1 N–H and O–H groups in total. The van der Waals surface area contributed by atoms with Crippen molar-refractivity contribution in [3.05, 3.63) is 42.3 Å². The molecule has 3 aromatic rings. The molecule has 0 fully saturated rings. The summed E-state index contributed by atoms with van der Waals surface area (Å²) in [4.78, 5) is 0. The van der Waals surface area contributed by atoms with E-state index in [1.54, 1.807) is 0 Å². The van der Waals surface area contributed by atoms with Gasteiger partial charge in [0, 0.05) is 10.9 Å². The lowest BCUT2D eigenvalue weighted by Crippen LogP contribution is -1.74. The third-order valence-corrected chi connectivity index (χ3v) is 2.47. The standard InChI is InChI=1S/C12H10N2O/c1-8-2-5-12(15-8)9-3-4-10-7-13-14-11(10)6-9/h2-7H,1H3,(H,13,14). The van der Waals surface area contributed by atoms with E-state index in [9.17, 15) is 0 Å². The molecule has 0 aliphatic heterocycles. The van der Waals surface area contributed by atoms with Gasteiger partial charge in [-0.2, -0.15) is 5.10 Å². The van der Waals surface area contributed by atoms with Gasteiger partial charge in [0.1, 0.15) is 11.5 Å². The van der Waals surface area contributed by atoms with Crippen molar-refractivity contribution in [3.63, 3.8) is 0 Å². The Bertz CT molecular complexity index is 607. The fraction of sp³-hybridized carbons (Fsp3) is 0.0833. The first-order valence-corrected chi connectivity index (χ1v) is 4.83. The number of benzene rings is 1. The molecular formula is C12H10N2O. The van der Waals surface area contributed by atoms with E-state index in [-0.39, 0.29) is 0 Å². The normalized spacial score (nSPS) is 11.0. The van der Waals surface area contributed by atoms with Crippen LogP contribution in [-0.4, -0.2) is 10.2 Å². The van der Waals surface area contributed by atoms with Crippen molar-refractivity contribution >= 4 is 10.9 Å². The lowest BCUT2D eigenvalue weighted by molar-refractivity contribution is 0.548. The maximum absolute atomic E-state index is 5.56. The molecular weight excluding hydrogens is 188 g/mol. The first-order valence-electron chi connectivity index (χ1n) is 4.83. The fourth-order valence-electron chi connectivity index (χ4n) is 1.68. The third kappa shape index (κ3) is 1.32. The van der Waals surface area contributed by atoms with Crippen LogP contribution in [0.25, 0.3) is 22.2 Å². The molecule has 3 rings (SSSR count). The Morgan fingerprint density at radius 3 is 2.93 bits per heavy atom. The molecule has 0 spiro atoms. The predicted octanol–water partition coefficient (Wildman–Crippen LogP) is 3.13. The number of furan rings is 1. The zero-order valence-electron chi connectivity index (χ0n) is 8.32. The minimum absolute atomic E-state index is 0.893. The van der Waals surface area contributed by atoms with Gasteiger partial charge in [-0.3, -0.25) is 5.10 Å². The van der Waals surface area contributed by atoms with Gasteiger partial charge in [0.15, 0.2) is 0 Å². The van der Waals surface area contributed by atoms with Crippen LogP contribution in [0.2, 0.25) is 0 Å². The summed E-state index contributed by atoms with van der Waals surface area (Å²) in [7, 11) is 0. The van der Waals surface area contributed by atoms with Gasteiger partial charge in [0.25, 0.3) is 0 Å². The van der Waals surface area contributed by atoms with Gasteiger partial charge in [0.2, 0.25) is 0 Å². The number of fused-ring (bicyclic) bond motifs is 1. The monoisotopic (exact) mass is 198 g/mol. The minimum Gasteiger partial charge on any atom is -0.461 e. The van der Waals surface area contributed by atoms with Crippen molar-refractivity contribution in [2.45, 2.75) is 6.92 Å². The van der Waals surface area contributed by atoms with Gasteiger partial charge in [-0.05, 0) is 25.1 Å². The molecule has 3 nitrogen and oxygen atoms in total. The van der Waals surface area contributed by atoms with Crippen LogP contribution in [0.1, 0.15) is 5.76 Å². The summed E-state index contributed by atoms with van der Waals surface area (Å²) in [6, 6.07) is 10.1. The molecule has 0 aliphatic carbocycles. The van der Waals surface area contributed by atoms with E-state index >= 15 is 0 Å². The molecule has 1 aromatic carbocycles.